The number of H-pyrrole nitrogens is 1. The normalized spacial score (nSPS) is 11.4. The fourth-order valence-electron chi connectivity index (χ4n) is 3.77. The van der Waals surface area contributed by atoms with E-state index in [1.54, 1.807) is 6.07 Å². The summed E-state index contributed by atoms with van der Waals surface area (Å²) >= 11 is 12.7. The zero-order valence-electron chi connectivity index (χ0n) is 15.0. The monoisotopic (exact) mass is 374 g/mol. The van der Waals surface area contributed by atoms with Gasteiger partial charge in [0.05, 0.1) is 16.2 Å². The number of aromatic nitrogens is 1. The van der Waals surface area contributed by atoms with Crippen molar-refractivity contribution in [1.82, 2.24) is 4.98 Å². The molecular formula is C21H24Cl2N2. The predicted octanol–water partition coefficient (Wildman–Crippen LogP) is 6.35. The first-order valence-corrected chi connectivity index (χ1v) is 9.46. The van der Waals surface area contributed by atoms with E-state index in [9.17, 15) is 0 Å². The molecule has 3 N–H and O–H groups in total. The molecule has 0 aliphatic rings. The number of aryl methyl sites for hydroxylation is 4. The molecule has 0 aliphatic heterocycles. The van der Waals surface area contributed by atoms with Crippen molar-refractivity contribution >= 4 is 34.1 Å². The third-order valence-electron chi connectivity index (χ3n) is 4.74. The summed E-state index contributed by atoms with van der Waals surface area (Å²) in [5, 5.41) is 2.45. The number of aromatic amines is 1. The fraction of sp³-hybridized carbons (Fsp3) is 0.333. The Labute approximate surface area is 159 Å². The predicted molar refractivity (Wildman–Crippen MR) is 110 cm³/mol. The Balaban J connectivity index is 2.27. The van der Waals surface area contributed by atoms with Crippen LogP contribution in [-0.2, 0) is 6.42 Å². The molecule has 0 saturated carbocycles. The van der Waals surface area contributed by atoms with E-state index in [4.69, 9.17) is 28.9 Å². The van der Waals surface area contributed by atoms with E-state index in [1.165, 1.54) is 27.8 Å². The van der Waals surface area contributed by atoms with Gasteiger partial charge in [-0.05, 0) is 75.4 Å². The van der Waals surface area contributed by atoms with E-state index >= 15 is 0 Å². The van der Waals surface area contributed by atoms with Crippen LogP contribution in [0.3, 0.4) is 0 Å². The standard InChI is InChI=1S/C21H24Cl2N2/c1-12-8-13(2)19(14(3)9-12)21-16(6-4-5-7-24)17-10-15(22)11-18(23)20(17)25-21/h8-11,25H,4-7,24H2,1-3H3. The average molecular weight is 375 g/mol. The molecule has 3 rings (SSSR count). The topological polar surface area (TPSA) is 41.8 Å². The Bertz CT molecular complexity index is 902. The van der Waals surface area contributed by atoms with Crippen LogP contribution < -0.4 is 5.73 Å². The van der Waals surface area contributed by atoms with Crippen LogP contribution in [0, 0.1) is 20.8 Å². The molecule has 25 heavy (non-hydrogen) atoms. The van der Waals surface area contributed by atoms with Crippen LogP contribution in [0.5, 0.6) is 0 Å². The highest BCUT2D eigenvalue weighted by molar-refractivity contribution is 6.38. The minimum Gasteiger partial charge on any atom is -0.353 e. The van der Waals surface area contributed by atoms with Gasteiger partial charge in [-0.2, -0.15) is 0 Å². The van der Waals surface area contributed by atoms with Gasteiger partial charge in [0.2, 0.25) is 0 Å². The highest BCUT2D eigenvalue weighted by atomic mass is 35.5. The molecule has 1 aromatic heterocycles. The Morgan fingerprint density at radius 1 is 0.960 bits per heavy atom. The number of rotatable bonds is 5. The van der Waals surface area contributed by atoms with Crippen molar-refractivity contribution < 1.29 is 0 Å². The summed E-state index contributed by atoms with van der Waals surface area (Å²) in [7, 11) is 0. The van der Waals surface area contributed by atoms with Crippen LogP contribution in [0.2, 0.25) is 10.0 Å². The van der Waals surface area contributed by atoms with Gasteiger partial charge in [0.15, 0.2) is 0 Å². The molecule has 0 atom stereocenters. The van der Waals surface area contributed by atoms with Crippen molar-refractivity contribution in [1.29, 1.82) is 0 Å². The lowest BCUT2D eigenvalue weighted by molar-refractivity contribution is 0.748. The van der Waals surface area contributed by atoms with Crippen molar-refractivity contribution in [2.45, 2.75) is 40.0 Å². The minimum absolute atomic E-state index is 0.663. The molecular weight excluding hydrogens is 351 g/mol. The lowest BCUT2D eigenvalue weighted by Gasteiger charge is -2.13. The molecule has 0 spiro atoms. The second kappa shape index (κ2) is 7.41. The van der Waals surface area contributed by atoms with Crippen LogP contribution in [0.4, 0.5) is 0 Å². The molecule has 0 bridgehead atoms. The summed E-state index contributed by atoms with van der Waals surface area (Å²) in [4.78, 5) is 3.58. The second-order valence-corrected chi connectivity index (χ2v) is 7.65. The number of benzene rings is 2. The summed E-state index contributed by atoms with van der Waals surface area (Å²) in [6.45, 7) is 7.17. The van der Waals surface area contributed by atoms with Crippen molar-refractivity contribution in [3.05, 3.63) is 56.6 Å². The molecule has 0 fully saturated rings. The lowest BCUT2D eigenvalue weighted by atomic mass is 9.93. The molecule has 3 aromatic rings. The van der Waals surface area contributed by atoms with E-state index in [2.05, 4.69) is 37.9 Å². The molecule has 2 aromatic carbocycles. The first kappa shape index (κ1) is 18.3. The van der Waals surface area contributed by atoms with Crippen LogP contribution in [0.1, 0.15) is 35.1 Å². The third-order valence-corrected chi connectivity index (χ3v) is 5.26. The van der Waals surface area contributed by atoms with Gasteiger partial charge < -0.3 is 10.7 Å². The number of hydrogen-bond donors (Lipinski definition) is 2. The summed E-state index contributed by atoms with van der Waals surface area (Å²) < 4.78 is 0. The van der Waals surface area contributed by atoms with Gasteiger partial charge in [-0.15, -0.1) is 0 Å². The van der Waals surface area contributed by atoms with Gasteiger partial charge >= 0.3 is 0 Å². The molecule has 0 aliphatic carbocycles. The first-order valence-electron chi connectivity index (χ1n) is 8.70. The third kappa shape index (κ3) is 3.57. The number of nitrogens with one attached hydrogen (secondary N) is 1. The van der Waals surface area contributed by atoms with E-state index < -0.39 is 0 Å². The summed E-state index contributed by atoms with van der Waals surface area (Å²) in [5.74, 6) is 0. The van der Waals surface area contributed by atoms with Crippen molar-refractivity contribution in [2.24, 2.45) is 5.73 Å². The Morgan fingerprint density at radius 3 is 2.28 bits per heavy atom. The van der Waals surface area contributed by atoms with Crippen molar-refractivity contribution in [2.75, 3.05) is 6.54 Å². The molecule has 0 saturated heterocycles. The molecule has 4 heteroatoms. The number of unbranched alkanes of at least 4 members (excludes halogenated alkanes) is 1. The molecule has 1 heterocycles. The SMILES string of the molecule is Cc1cc(C)c(-c2[nH]c3c(Cl)cc(Cl)cc3c2CCCCN)c(C)c1. The molecule has 2 nitrogen and oxygen atoms in total. The number of nitrogens with two attached hydrogens (primary N) is 1. The first-order chi connectivity index (χ1) is 11.9. The van der Waals surface area contributed by atoms with E-state index in [1.807, 2.05) is 6.07 Å². The number of fused-ring (bicyclic) bond motifs is 1. The Kier molecular flexibility index (Phi) is 5.43. The number of halogens is 2. The van der Waals surface area contributed by atoms with Gasteiger partial charge in [-0.3, -0.25) is 0 Å². The van der Waals surface area contributed by atoms with Gasteiger partial charge in [0.25, 0.3) is 0 Å². The molecule has 0 unspecified atom stereocenters. The highest BCUT2D eigenvalue weighted by Crippen LogP contribution is 2.39. The van der Waals surface area contributed by atoms with Crippen LogP contribution in [0.25, 0.3) is 22.2 Å². The van der Waals surface area contributed by atoms with Gasteiger partial charge in [0.1, 0.15) is 0 Å². The largest absolute Gasteiger partial charge is 0.353 e. The van der Waals surface area contributed by atoms with E-state index in [0.717, 1.165) is 35.9 Å². The summed E-state index contributed by atoms with van der Waals surface area (Å²) in [5.41, 5.74) is 14.2. The van der Waals surface area contributed by atoms with Crippen LogP contribution >= 0.6 is 23.2 Å². The zero-order chi connectivity index (χ0) is 18.1. The average Bonchev–Trinajstić information content (AvgIpc) is 2.85. The maximum atomic E-state index is 6.47. The maximum absolute atomic E-state index is 6.47. The molecule has 132 valence electrons. The smallest absolute Gasteiger partial charge is 0.0662 e. The Morgan fingerprint density at radius 2 is 1.64 bits per heavy atom. The fourth-order valence-corrected chi connectivity index (χ4v) is 4.31. The number of hydrogen-bond acceptors (Lipinski definition) is 1. The van der Waals surface area contributed by atoms with Gasteiger partial charge in [0, 0.05) is 16.0 Å². The second-order valence-electron chi connectivity index (χ2n) is 6.81. The molecule has 0 amide bonds. The van der Waals surface area contributed by atoms with Crippen LogP contribution in [0.15, 0.2) is 24.3 Å². The van der Waals surface area contributed by atoms with E-state index in [-0.39, 0.29) is 0 Å². The highest BCUT2D eigenvalue weighted by Gasteiger charge is 2.18. The molecule has 0 radical (unpaired) electrons. The zero-order valence-corrected chi connectivity index (χ0v) is 16.5. The van der Waals surface area contributed by atoms with E-state index in [0.29, 0.717) is 16.6 Å². The lowest BCUT2D eigenvalue weighted by Crippen LogP contribution is -2.00. The van der Waals surface area contributed by atoms with Crippen LogP contribution in [-0.4, -0.2) is 11.5 Å². The quantitative estimate of drug-likeness (QED) is 0.502. The van der Waals surface area contributed by atoms with Crippen molar-refractivity contribution in [3.63, 3.8) is 0 Å². The minimum atomic E-state index is 0.663. The summed E-state index contributed by atoms with van der Waals surface area (Å²) in [6, 6.07) is 8.27. The van der Waals surface area contributed by atoms with Crippen molar-refractivity contribution in [3.8, 4) is 11.3 Å². The summed E-state index contributed by atoms with van der Waals surface area (Å²) in [6.07, 6.45) is 3.01. The van der Waals surface area contributed by atoms with Gasteiger partial charge in [-0.25, -0.2) is 0 Å². The van der Waals surface area contributed by atoms with Gasteiger partial charge in [-0.1, -0.05) is 40.9 Å². The maximum Gasteiger partial charge on any atom is 0.0662 e. The Hall–Kier alpha value is -1.48.